The summed E-state index contributed by atoms with van der Waals surface area (Å²) in [6.45, 7) is 7.72. The Morgan fingerprint density at radius 3 is 2.18 bits per heavy atom. The van der Waals surface area contributed by atoms with Crippen LogP contribution in [-0.2, 0) is 0 Å². The van der Waals surface area contributed by atoms with Gasteiger partial charge in [0.05, 0.1) is 6.10 Å². The molecule has 68 valence electrons. The Balaban J connectivity index is 3.24. The Morgan fingerprint density at radius 2 is 1.82 bits per heavy atom. The average molecular weight is 224 g/mol. The van der Waals surface area contributed by atoms with E-state index < -0.39 is 0 Å². The minimum Gasteiger partial charge on any atom is -0.392 e. The van der Waals surface area contributed by atoms with Gasteiger partial charge < -0.3 is 10.4 Å². The highest BCUT2D eigenvalue weighted by molar-refractivity contribution is 9.09. The van der Waals surface area contributed by atoms with Gasteiger partial charge >= 0.3 is 0 Å². The Morgan fingerprint density at radius 1 is 1.27 bits per heavy atom. The van der Waals surface area contributed by atoms with Gasteiger partial charge in [0, 0.05) is 17.9 Å². The van der Waals surface area contributed by atoms with Crippen LogP contribution >= 0.6 is 15.9 Å². The van der Waals surface area contributed by atoms with E-state index in [1.807, 2.05) is 0 Å². The topological polar surface area (TPSA) is 32.3 Å². The number of rotatable bonds is 5. The number of halogens is 1. The molecule has 0 aliphatic carbocycles. The molecule has 0 amide bonds. The van der Waals surface area contributed by atoms with Crippen molar-refractivity contribution in [2.75, 3.05) is 13.1 Å². The van der Waals surface area contributed by atoms with Crippen molar-refractivity contribution in [2.24, 2.45) is 5.92 Å². The van der Waals surface area contributed by atoms with Crippen molar-refractivity contribution in [3.05, 3.63) is 0 Å². The third kappa shape index (κ3) is 6.78. The zero-order chi connectivity index (χ0) is 8.85. The van der Waals surface area contributed by atoms with Crippen LogP contribution in [0.25, 0.3) is 0 Å². The summed E-state index contributed by atoms with van der Waals surface area (Å²) in [6.07, 6.45) is -0.248. The smallest absolute Gasteiger partial charge is 0.0636 e. The highest BCUT2D eigenvalue weighted by Gasteiger charge is 2.07. The van der Waals surface area contributed by atoms with Crippen LogP contribution in [-0.4, -0.2) is 29.1 Å². The fourth-order valence-corrected chi connectivity index (χ4v) is 0.895. The molecule has 0 saturated heterocycles. The van der Waals surface area contributed by atoms with Crippen molar-refractivity contribution in [1.82, 2.24) is 5.32 Å². The summed E-state index contributed by atoms with van der Waals surface area (Å²) in [4.78, 5) is 0.501. The van der Waals surface area contributed by atoms with E-state index in [-0.39, 0.29) is 6.10 Å². The molecule has 0 saturated carbocycles. The molecule has 0 radical (unpaired) electrons. The quantitative estimate of drug-likeness (QED) is 0.691. The van der Waals surface area contributed by atoms with Gasteiger partial charge in [-0.3, -0.25) is 0 Å². The van der Waals surface area contributed by atoms with Crippen molar-refractivity contribution < 1.29 is 5.11 Å². The Bertz CT molecular complexity index is 96.1. The van der Waals surface area contributed by atoms with Crippen molar-refractivity contribution in [1.29, 1.82) is 0 Å². The molecule has 0 heterocycles. The minimum atomic E-state index is -0.248. The summed E-state index contributed by atoms with van der Waals surface area (Å²) >= 11 is 3.55. The molecule has 2 N–H and O–H groups in total. The lowest BCUT2D eigenvalue weighted by atomic mass is 10.1. The number of aliphatic hydroxyl groups is 1. The Kier molecular flexibility index (Phi) is 6.19. The lowest BCUT2D eigenvalue weighted by Crippen LogP contribution is -2.31. The van der Waals surface area contributed by atoms with Crippen molar-refractivity contribution in [2.45, 2.75) is 31.7 Å². The first kappa shape index (κ1) is 11.4. The van der Waals surface area contributed by atoms with Gasteiger partial charge in [-0.25, -0.2) is 0 Å². The second-order valence-corrected chi connectivity index (χ2v) is 4.44. The molecular weight excluding hydrogens is 206 g/mol. The van der Waals surface area contributed by atoms with E-state index in [2.05, 4.69) is 35.1 Å². The predicted octanol–water partition coefficient (Wildman–Crippen LogP) is 1.38. The van der Waals surface area contributed by atoms with E-state index in [4.69, 9.17) is 5.11 Å². The molecular formula is C8H18BrNO. The monoisotopic (exact) mass is 223 g/mol. The molecule has 0 spiro atoms. The average Bonchev–Trinajstić information content (AvgIpc) is 1.86. The van der Waals surface area contributed by atoms with Gasteiger partial charge in [0.2, 0.25) is 0 Å². The Hall–Kier alpha value is 0.400. The van der Waals surface area contributed by atoms with Gasteiger partial charge in [-0.15, -0.1) is 0 Å². The molecule has 0 aromatic heterocycles. The molecule has 2 unspecified atom stereocenters. The zero-order valence-electron chi connectivity index (χ0n) is 7.47. The number of aliphatic hydroxyl groups excluding tert-OH is 1. The van der Waals surface area contributed by atoms with E-state index in [1.54, 1.807) is 6.92 Å². The summed E-state index contributed by atoms with van der Waals surface area (Å²) in [6, 6.07) is 0. The van der Waals surface area contributed by atoms with E-state index in [9.17, 15) is 0 Å². The maximum Gasteiger partial charge on any atom is 0.0636 e. The van der Waals surface area contributed by atoms with E-state index in [0.29, 0.717) is 17.3 Å². The number of hydrogen-bond acceptors (Lipinski definition) is 2. The molecule has 0 aliphatic heterocycles. The number of nitrogens with one attached hydrogen (secondary N) is 1. The first-order valence-electron chi connectivity index (χ1n) is 4.07. The fourth-order valence-electron chi connectivity index (χ4n) is 0.666. The molecule has 0 aliphatic rings. The normalized spacial score (nSPS) is 16.9. The first-order valence-corrected chi connectivity index (χ1v) is 4.98. The van der Waals surface area contributed by atoms with Gasteiger partial charge in [-0.05, 0) is 12.8 Å². The lowest BCUT2D eigenvalue weighted by Gasteiger charge is -2.14. The van der Waals surface area contributed by atoms with E-state index in [0.717, 1.165) is 6.54 Å². The zero-order valence-corrected chi connectivity index (χ0v) is 9.06. The third-order valence-electron chi connectivity index (χ3n) is 1.50. The predicted molar refractivity (Wildman–Crippen MR) is 52.1 cm³/mol. The van der Waals surface area contributed by atoms with Crippen molar-refractivity contribution >= 4 is 15.9 Å². The fraction of sp³-hybridized carbons (Fsp3) is 1.00. The van der Waals surface area contributed by atoms with Crippen LogP contribution in [0.1, 0.15) is 20.8 Å². The van der Waals surface area contributed by atoms with Gasteiger partial charge in [0.15, 0.2) is 0 Å². The van der Waals surface area contributed by atoms with Gasteiger partial charge in [-0.2, -0.15) is 0 Å². The van der Waals surface area contributed by atoms with Crippen LogP contribution in [0.4, 0.5) is 0 Å². The standard InChI is InChI=1S/C8H18BrNO/c1-6(2)8(9)5-10-4-7(3)11/h6-8,10-11H,4-5H2,1-3H3. The summed E-state index contributed by atoms with van der Waals surface area (Å²) < 4.78 is 0. The number of alkyl halides is 1. The van der Waals surface area contributed by atoms with Gasteiger partial charge in [0.1, 0.15) is 0 Å². The Labute approximate surface area is 77.5 Å². The number of hydrogen-bond donors (Lipinski definition) is 2. The molecule has 0 fully saturated rings. The molecule has 11 heavy (non-hydrogen) atoms. The highest BCUT2D eigenvalue weighted by Crippen LogP contribution is 2.09. The molecule has 0 bridgehead atoms. The van der Waals surface area contributed by atoms with E-state index in [1.165, 1.54) is 0 Å². The third-order valence-corrected chi connectivity index (χ3v) is 2.88. The van der Waals surface area contributed by atoms with Crippen molar-refractivity contribution in [3.8, 4) is 0 Å². The SMILES string of the molecule is CC(O)CNCC(Br)C(C)C. The molecule has 0 aromatic carbocycles. The van der Waals surface area contributed by atoms with Gasteiger partial charge in [-0.1, -0.05) is 29.8 Å². The second-order valence-electron chi connectivity index (χ2n) is 3.27. The lowest BCUT2D eigenvalue weighted by molar-refractivity contribution is 0.191. The maximum atomic E-state index is 8.93. The van der Waals surface area contributed by atoms with Gasteiger partial charge in [0.25, 0.3) is 0 Å². The van der Waals surface area contributed by atoms with Crippen LogP contribution in [0.15, 0.2) is 0 Å². The first-order chi connectivity index (χ1) is 5.04. The molecule has 2 nitrogen and oxygen atoms in total. The summed E-state index contributed by atoms with van der Waals surface area (Å²) in [5, 5.41) is 12.1. The molecule has 0 rings (SSSR count). The highest BCUT2D eigenvalue weighted by atomic mass is 79.9. The summed E-state index contributed by atoms with van der Waals surface area (Å²) in [5.74, 6) is 0.636. The largest absolute Gasteiger partial charge is 0.392 e. The molecule has 3 heteroatoms. The van der Waals surface area contributed by atoms with Crippen LogP contribution < -0.4 is 5.32 Å². The second kappa shape index (κ2) is 5.98. The maximum absolute atomic E-state index is 8.93. The van der Waals surface area contributed by atoms with Crippen LogP contribution in [0.3, 0.4) is 0 Å². The van der Waals surface area contributed by atoms with Crippen LogP contribution in [0.5, 0.6) is 0 Å². The molecule has 0 aromatic rings. The van der Waals surface area contributed by atoms with Crippen LogP contribution in [0.2, 0.25) is 0 Å². The summed E-state index contributed by atoms with van der Waals surface area (Å²) in [7, 11) is 0. The van der Waals surface area contributed by atoms with Crippen molar-refractivity contribution in [3.63, 3.8) is 0 Å². The molecule has 2 atom stereocenters. The minimum absolute atomic E-state index is 0.248. The summed E-state index contributed by atoms with van der Waals surface area (Å²) in [5.41, 5.74) is 0. The van der Waals surface area contributed by atoms with Crippen LogP contribution in [0, 0.1) is 5.92 Å². The van der Waals surface area contributed by atoms with E-state index >= 15 is 0 Å².